The maximum absolute atomic E-state index is 13.9. The molecule has 5 rings (SSSR count). The fourth-order valence-corrected chi connectivity index (χ4v) is 5.68. The Morgan fingerprint density at radius 2 is 1.91 bits per heavy atom. The van der Waals surface area contributed by atoms with Crippen LogP contribution in [0.4, 0.5) is 4.79 Å². The molecule has 1 N–H and O–H groups in total. The number of nitrogens with one attached hydrogen (secondary N) is 1. The van der Waals surface area contributed by atoms with E-state index in [1.54, 1.807) is 47.6 Å². The zero-order chi connectivity index (χ0) is 23.7. The summed E-state index contributed by atoms with van der Waals surface area (Å²) in [5.74, 6) is -0.500. The minimum atomic E-state index is -1.20. The molecule has 7 nitrogen and oxygen atoms in total. The van der Waals surface area contributed by atoms with Crippen LogP contribution in [0.1, 0.15) is 34.3 Å². The number of amides is 4. The van der Waals surface area contributed by atoms with Crippen LogP contribution in [0.3, 0.4) is 0 Å². The highest BCUT2D eigenvalue weighted by atomic mass is 35.5. The molecule has 1 unspecified atom stereocenters. The van der Waals surface area contributed by atoms with E-state index in [4.69, 9.17) is 11.6 Å². The second-order valence-corrected chi connectivity index (χ2v) is 9.79. The van der Waals surface area contributed by atoms with Crippen molar-refractivity contribution >= 4 is 40.8 Å². The highest BCUT2D eigenvalue weighted by molar-refractivity contribution is 7.07. The topological polar surface area (TPSA) is 82.6 Å². The van der Waals surface area contributed by atoms with Gasteiger partial charge < -0.3 is 10.2 Å². The third-order valence-corrected chi connectivity index (χ3v) is 7.64. The molecule has 3 aromatic rings. The molecule has 2 fully saturated rings. The summed E-state index contributed by atoms with van der Waals surface area (Å²) in [4.78, 5) is 47.2. The standard InChI is InChI=1S/C25H23ClN4O3S/c26-21-5-3-18(4-6-21)22(31)29-11-7-19(8-12-29)25(20-2-1-10-27-14-20)23(32)30(24(33)28-25)15-17-9-13-34-16-17/h1-6,9-10,13-14,16,19H,7-8,11-12,15H2,(H,28,33). The Morgan fingerprint density at radius 3 is 2.56 bits per heavy atom. The van der Waals surface area contributed by atoms with Gasteiger partial charge in [-0.15, -0.1) is 0 Å². The highest BCUT2D eigenvalue weighted by Crippen LogP contribution is 2.41. The lowest BCUT2D eigenvalue weighted by Crippen LogP contribution is -2.54. The van der Waals surface area contributed by atoms with Crippen molar-refractivity contribution in [3.05, 3.63) is 87.3 Å². The first-order valence-electron chi connectivity index (χ1n) is 11.1. The van der Waals surface area contributed by atoms with Gasteiger partial charge in [0.15, 0.2) is 5.54 Å². The van der Waals surface area contributed by atoms with E-state index < -0.39 is 11.6 Å². The lowest BCUT2D eigenvalue weighted by atomic mass is 9.73. The number of carbonyl (C=O) groups is 3. The van der Waals surface area contributed by atoms with Crippen LogP contribution in [-0.4, -0.2) is 45.7 Å². The Morgan fingerprint density at radius 1 is 1.15 bits per heavy atom. The van der Waals surface area contributed by atoms with E-state index in [0.717, 1.165) is 5.56 Å². The number of imide groups is 1. The van der Waals surface area contributed by atoms with Crippen LogP contribution in [0.15, 0.2) is 65.6 Å². The molecule has 0 radical (unpaired) electrons. The number of hydrogen-bond donors (Lipinski definition) is 1. The molecule has 0 aliphatic carbocycles. The summed E-state index contributed by atoms with van der Waals surface area (Å²) >= 11 is 7.48. The predicted octanol–water partition coefficient (Wildman–Crippen LogP) is 4.30. The Hall–Kier alpha value is -3.23. The van der Waals surface area contributed by atoms with Crippen molar-refractivity contribution in [2.24, 2.45) is 5.92 Å². The van der Waals surface area contributed by atoms with Gasteiger partial charge in [-0.3, -0.25) is 19.5 Å². The zero-order valence-electron chi connectivity index (χ0n) is 18.3. The number of urea groups is 1. The van der Waals surface area contributed by atoms with Gasteiger partial charge in [-0.05, 0) is 71.5 Å². The predicted molar refractivity (Wildman–Crippen MR) is 129 cm³/mol. The monoisotopic (exact) mass is 494 g/mol. The van der Waals surface area contributed by atoms with E-state index in [-0.39, 0.29) is 24.3 Å². The van der Waals surface area contributed by atoms with E-state index in [1.165, 1.54) is 16.2 Å². The van der Waals surface area contributed by atoms with Crippen molar-refractivity contribution in [1.29, 1.82) is 0 Å². The molecule has 2 aliphatic rings. The summed E-state index contributed by atoms with van der Waals surface area (Å²) in [6, 6.07) is 12.0. The average molecular weight is 495 g/mol. The number of rotatable bonds is 5. The Labute approximate surface area is 206 Å². The summed E-state index contributed by atoms with van der Waals surface area (Å²) in [6.07, 6.45) is 4.45. The zero-order valence-corrected chi connectivity index (χ0v) is 19.9. The number of aromatic nitrogens is 1. The Balaban J connectivity index is 1.40. The summed E-state index contributed by atoms with van der Waals surface area (Å²) in [6.45, 7) is 1.20. The Kier molecular flexibility index (Phi) is 6.10. The van der Waals surface area contributed by atoms with E-state index in [1.807, 2.05) is 22.9 Å². The fourth-order valence-electron chi connectivity index (χ4n) is 4.90. The van der Waals surface area contributed by atoms with E-state index >= 15 is 0 Å². The first-order valence-corrected chi connectivity index (χ1v) is 12.4. The van der Waals surface area contributed by atoms with Crippen molar-refractivity contribution in [3.63, 3.8) is 0 Å². The van der Waals surface area contributed by atoms with Gasteiger partial charge in [0.05, 0.1) is 6.54 Å². The van der Waals surface area contributed by atoms with Crippen LogP contribution >= 0.6 is 22.9 Å². The largest absolute Gasteiger partial charge is 0.339 e. The molecule has 34 heavy (non-hydrogen) atoms. The molecule has 2 saturated heterocycles. The number of nitrogens with zero attached hydrogens (tertiary/aromatic N) is 3. The number of piperidine rings is 1. The Bertz CT molecular complexity index is 1190. The van der Waals surface area contributed by atoms with Gasteiger partial charge >= 0.3 is 6.03 Å². The summed E-state index contributed by atoms with van der Waals surface area (Å²) < 4.78 is 0. The van der Waals surface area contributed by atoms with Crippen molar-refractivity contribution in [1.82, 2.24) is 20.1 Å². The summed E-state index contributed by atoms with van der Waals surface area (Å²) in [5, 5.41) is 7.47. The second kappa shape index (κ2) is 9.19. The van der Waals surface area contributed by atoms with Gasteiger partial charge in [0.25, 0.3) is 11.8 Å². The maximum Gasteiger partial charge on any atom is 0.325 e. The van der Waals surface area contributed by atoms with Crippen LogP contribution in [-0.2, 0) is 16.9 Å². The summed E-state index contributed by atoms with van der Waals surface area (Å²) in [5.41, 5.74) is 0.969. The molecule has 0 spiro atoms. The molecule has 1 atom stereocenters. The third kappa shape index (κ3) is 3.97. The van der Waals surface area contributed by atoms with Gasteiger partial charge in [-0.1, -0.05) is 17.7 Å². The minimum absolute atomic E-state index is 0.0635. The number of hydrogen-bond acceptors (Lipinski definition) is 5. The molecular weight excluding hydrogens is 472 g/mol. The van der Waals surface area contributed by atoms with Crippen LogP contribution in [0.5, 0.6) is 0 Å². The number of halogens is 1. The molecule has 2 aromatic heterocycles. The minimum Gasteiger partial charge on any atom is -0.339 e. The average Bonchev–Trinajstić information content (AvgIpc) is 3.47. The number of carbonyl (C=O) groups excluding carboxylic acids is 3. The van der Waals surface area contributed by atoms with Crippen molar-refractivity contribution in [2.45, 2.75) is 24.9 Å². The van der Waals surface area contributed by atoms with Gasteiger partial charge in [-0.2, -0.15) is 11.3 Å². The van der Waals surface area contributed by atoms with Crippen molar-refractivity contribution < 1.29 is 14.4 Å². The molecule has 0 bridgehead atoms. The molecular formula is C25H23ClN4O3S. The van der Waals surface area contributed by atoms with Crippen LogP contribution in [0.2, 0.25) is 5.02 Å². The van der Waals surface area contributed by atoms with E-state index in [0.29, 0.717) is 42.1 Å². The first-order chi connectivity index (χ1) is 16.5. The fraction of sp³-hybridized carbons (Fsp3) is 0.280. The number of pyridine rings is 1. The third-order valence-electron chi connectivity index (χ3n) is 6.66. The van der Waals surface area contributed by atoms with E-state index in [9.17, 15) is 14.4 Å². The molecule has 174 valence electrons. The maximum atomic E-state index is 13.9. The normalized spacial score (nSPS) is 21.1. The quantitative estimate of drug-likeness (QED) is 0.536. The van der Waals surface area contributed by atoms with Gasteiger partial charge in [0.1, 0.15) is 0 Å². The van der Waals surface area contributed by atoms with E-state index in [2.05, 4.69) is 10.3 Å². The van der Waals surface area contributed by atoms with Gasteiger partial charge in [0.2, 0.25) is 0 Å². The smallest absolute Gasteiger partial charge is 0.325 e. The highest BCUT2D eigenvalue weighted by Gasteiger charge is 2.57. The van der Waals surface area contributed by atoms with Gasteiger partial charge in [0, 0.05) is 41.6 Å². The molecule has 4 heterocycles. The van der Waals surface area contributed by atoms with Gasteiger partial charge in [-0.25, -0.2) is 4.79 Å². The lowest BCUT2D eigenvalue weighted by Gasteiger charge is -2.41. The number of thiophene rings is 1. The molecule has 9 heteroatoms. The SMILES string of the molecule is O=C(c1ccc(Cl)cc1)N1CCC(C2(c3cccnc3)NC(=O)N(Cc3ccsc3)C2=O)CC1. The first kappa shape index (κ1) is 22.6. The molecule has 4 amide bonds. The number of likely N-dealkylation sites (tertiary alicyclic amines) is 1. The van der Waals surface area contributed by atoms with Crippen LogP contribution in [0, 0.1) is 5.92 Å². The lowest BCUT2D eigenvalue weighted by molar-refractivity contribution is -0.134. The molecule has 1 aromatic carbocycles. The van der Waals surface area contributed by atoms with Crippen LogP contribution in [0.25, 0.3) is 0 Å². The molecule has 0 saturated carbocycles. The summed E-state index contributed by atoms with van der Waals surface area (Å²) in [7, 11) is 0. The van der Waals surface area contributed by atoms with Crippen LogP contribution < -0.4 is 5.32 Å². The van der Waals surface area contributed by atoms with Crippen molar-refractivity contribution in [2.75, 3.05) is 13.1 Å². The van der Waals surface area contributed by atoms with Crippen molar-refractivity contribution in [3.8, 4) is 0 Å². The molecule has 2 aliphatic heterocycles. The number of benzene rings is 1. The second-order valence-electron chi connectivity index (χ2n) is 8.58.